The summed E-state index contributed by atoms with van der Waals surface area (Å²) in [5.41, 5.74) is 0.660. The van der Waals surface area contributed by atoms with Crippen LogP contribution in [0.15, 0.2) is 40.5 Å². The van der Waals surface area contributed by atoms with Crippen molar-refractivity contribution < 1.29 is 9.53 Å². The van der Waals surface area contributed by atoms with E-state index >= 15 is 0 Å². The Morgan fingerprint density at radius 1 is 1.42 bits per heavy atom. The third-order valence-corrected chi connectivity index (χ3v) is 4.12. The number of nitrogens with one attached hydrogen (secondary N) is 2. The first-order valence-corrected chi connectivity index (χ1v) is 8.03. The van der Waals surface area contributed by atoms with Crippen LogP contribution in [0, 0.1) is 0 Å². The third kappa shape index (κ3) is 3.58. The average Bonchev–Trinajstić information content (AvgIpc) is 3.25. The molecule has 1 amide bonds. The molecule has 0 aliphatic carbocycles. The summed E-state index contributed by atoms with van der Waals surface area (Å²) in [6, 6.07) is 8.32. The molecule has 8 nitrogen and oxygen atoms in total. The monoisotopic (exact) mass is 345 g/mol. The maximum Gasteiger partial charge on any atom is 0.277 e. The van der Waals surface area contributed by atoms with Gasteiger partial charge < -0.3 is 10.1 Å². The van der Waals surface area contributed by atoms with Gasteiger partial charge in [-0.1, -0.05) is 6.07 Å². The van der Waals surface area contributed by atoms with Crippen molar-refractivity contribution in [3.63, 3.8) is 0 Å². The second-order valence-corrected chi connectivity index (χ2v) is 5.82. The SMILES string of the molecule is COCCn1nc(C(=O)Nc2cc(-c3cccs3)[nH]n2)ccc1=O. The number of amides is 1. The van der Waals surface area contributed by atoms with Gasteiger partial charge in [0.2, 0.25) is 0 Å². The van der Waals surface area contributed by atoms with E-state index in [0.717, 1.165) is 10.6 Å². The predicted molar refractivity (Wildman–Crippen MR) is 90.2 cm³/mol. The zero-order valence-electron chi connectivity index (χ0n) is 12.9. The molecule has 24 heavy (non-hydrogen) atoms. The number of hydrogen-bond donors (Lipinski definition) is 2. The van der Waals surface area contributed by atoms with Crippen molar-refractivity contribution in [3.05, 3.63) is 51.8 Å². The quantitative estimate of drug-likeness (QED) is 0.706. The minimum Gasteiger partial charge on any atom is -0.383 e. The summed E-state index contributed by atoms with van der Waals surface area (Å²) >= 11 is 1.57. The first kappa shape index (κ1) is 16.1. The molecule has 3 aromatic heterocycles. The van der Waals surface area contributed by atoms with Gasteiger partial charge >= 0.3 is 0 Å². The predicted octanol–water partition coefficient (Wildman–Crippen LogP) is 1.59. The Bertz CT molecular complexity index is 885. The Labute approximate surface area is 141 Å². The van der Waals surface area contributed by atoms with E-state index in [9.17, 15) is 9.59 Å². The van der Waals surface area contributed by atoms with Gasteiger partial charge in [-0.05, 0) is 17.5 Å². The minimum absolute atomic E-state index is 0.131. The number of nitrogens with zero attached hydrogens (tertiary/aromatic N) is 3. The topological polar surface area (TPSA) is 102 Å². The summed E-state index contributed by atoms with van der Waals surface area (Å²) in [6.07, 6.45) is 0. The van der Waals surface area contributed by atoms with Crippen LogP contribution >= 0.6 is 11.3 Å². The number of aromatic amines is 1. The van der Waals surface area contributed by atoms with Crippen molar-refractivity contribution in [2.24, 2.45) is 0 Å². The summed E-state index contributed by atoms with van der Waals surface area (Å²) in [5.74, 6) is -0.0507. The highest BCUT2D eigenvalue weighted by molar-refractivity contribution is 7.13. The van der Waals surface area contributed by atoms with Gasteiger partial charge in [-0.15, -0.1) is 11.3 Å². The zero-order chi connectivity index (χ0) is 16.9. The van der Waals surface area contributed by atoms with E-state index in [4.69, 9.17) is 4.74 Å². The molecule has 0 atom stereocenters. The van der Waals surface area contributed by atoms with Gasteiger partial charge in [0.1, 0.15) is 5.69 Å². The van der Waals surface area contributed by atoms with Gasteiger partial charge in [0, 0.05) is 19.2 Å². The van der Waals surface area contributed by atoms with Crippen molar-refractivity contribution >= 4 is 23.1 Å². The van der Waals surface area contributed by atoms with Crippen molar-refractivity contribution in [1.29, 1.82) is 0 Å². The summed E-state index contributed by atoms with van der Waals surface area (Å²) < 4.78 is 6.12. The van der Waals surface area contributed by atoms with Crippen molar-refractivity contribution in [2.75, 3.05) is 19.0 Å². The number of carbonyl (C=O) groups excluding carboxylic acids is 1. The second-order valence-electron chi connectivity index (χ2n) is 4.87. The Kier molecular flexibility index (Phi) is 4.82. The van der Waals surface area contributed by atoms with E-state index in [2.05, 4.69) is 20.6 Å². The van der Waals surface area contributed by atoms with Crippen LogP contribution in [0.2, 0.25) is 0 Å². The van der Waals surface area contributed by atoms with Crippen LogP contribution < -0.4 is 10.9 Å². The lowest BCUT2D eigenvalue weighted by atomic mass is 10.3. The van der Waals surface area contributed by atoms with E-state index in [1.54, 1.807) is 17.4 Å². The van der Waals surface area contributed by atoms with Gasteiger partial charge in [-0.3, -0.25) is 14.7 Å². The first-order valence-electron chi connectivity index (χ1n) is 7.15. The molecule has 3 aromatic rings. The summed E-state index contributed by atoms with van der Waals surface area (Å²) in [4.78, 5) is 25.0. The highest BCUT2D eigenvalue weighted by Crippen LogP contribution is 2.24. The van der Waals surface area contributed by atoms with Crippen LogP contribution in [0.5, 0.6) is 0 Å². The molecular formula is C15H15N5O3S. The Balaban J connectivity index is 1.74. The molecule has 0 saturated carbocycles. The van der Waals surface area contributed by atoms with Crippen LogP contribution in [0.3, 0.4) is 0 Å². The molecule has 2 N–H and O–H groups in total. The van der Waals surface area contributed by atoms with Crippen LogP contribution in [0.1, 0.15) is 10.5 Å². The van der Waals surface area contributed by atoms with E-state index in [1.165, 1.54) is 23.9 Å². The highest BCUT2D eigenvalue weighted by atomic mass is 32.1. The van der Waals surface area contributed by atoms with Crippen LogP contribution in [0.4, 0.5) is 5.82 Å². The average molecular weight is 345 g/mol. The number of carbonyl (C=O) groups is 1. The smallest absolute Gasteiger partial charge is 0.277 e. The van der Waals surface area contributed by atoms with Gasteiger partial charge in [0.25, 0.3) is 11.5 Å². The second kappa shape index (κ2) is 7.20. The molecular weight excluding hydrogens is 330 g/mol. The van der Waals surface area contributed by atoms with Gasteiger partial charge in [0.05, 0.1) is 23.7 Å². The molecule has 3 heterocycles. The van der Waals surface area contributed by atoms with Gasteiger partial charge in [-0.2, -0.15) is 10.2 Å². The molecule has 0 unspecified atom stereocenters. The summed E-state index contributed by atoms with van der Waals surface area (Å²) in [7, 11) is 1.53. The number of H-pyrrole nitrogens is 1. The maximum atomic E-state index is 12.3. The fourth-order valence-electron chi connectivity index (χ4n) is 2.03. The fraction of sp³-hybridized carbons (Fsp3) is 0.200. The first-order chi connectivity index (χ1) is 11.7. The minimum atomic E-state index is -0.439. The Morgan fingerprint density at radius 3 is 3.04 bits per heavy atom. The van der Waals surface area contributed by atoms with E-state index in [0.29, 0.717) is 12.4 Å². The van der Waals surface area contributed by atoms with Crippen molar-refractivity contribution in [2.45, 2.75) is 6.54 Å². The number of thiophene rings is 1. The van der Waals surface area contributed by atoms with Crippen LogP contribution in [0.25, 0.3) is 10.6 Å². The van der Waals surface area contributed by atoms with Crippen LogP contribution in [-0.2, 0) is 11.3 Å². The normalized spacial score (nSPS) is 10.7. The van der Waals surface area contributed by atoms with Crippen molar-refractivity contribution in [1.82, 2.24) is 20.0 Å². The lowest BCUT2D eigenvalue weighted by Gasteiger charge is -2.06. The number of hydrogen-bond acceptors (Lipinski definition) is 6. The highest BCUT2D eigenvalue weighted by Gasteiger charge is 2.12. The lowest BCUT2D eigenvalue weighted by molar-refractivity contribution is 0.101. The zero-order valence-corrected chi connectivity index (χ0v) is 13.7. The Morgan fingerprint density at radius 2 is 2.29 bits per heavy atom. The number of rotatable bonds is 6. The molecule has 3 rings (SSSR count). The Hall–Kier alpha value is -2.78. The number of methoxy groups -OCH3 is 1. The lowest BCUT2D eigenvalue weighted by Crippen LogP contribution is -2.27. The van der Waals surface area contributed by atoms with Crippen molar-refractivity contribution in [3.8, 4) is 10.6 Å². The number of aromatic nitrogens is 4. The van der Waals surface area contributed by atoms with Crippen LogP contribution in [-0.4, -0.2) is 39.6 Å². The fourth-order valence-corrected chi connectivity index (χ4v) is 2.72. The summed E-state index contributed by atoms with van der Waals surface area (Å²) in [6.45, 7) is 0.614. The maximum absolute atomic E-state index is 12.3. The van der Waals surface area contributed by atoms with Gasteiger partial charge in [-0.25, -0.2) is 4.68 Å². The number of anilines is 1. The molecule has 0 saturated heterocycles. The third-order valence-electron chi connectivity index (χ3n) is 3.21. The van der Waals surface area contributed by atoms with E-state index in [-0.39, 0.29) is 17.8 Å². The van der Waals surface area contributed by atoms with E-state index in [1.807, 2.05) is 17.5 Å². The molecule has 124 valence electrons. The number of ether oxygens (including phenoxy) is 1. The molecule has 9 heteroatoms. The standard InChI is InChI=1S/C15H15N5O3S/c1-23-7-6-20-14(21)5-4-10(19-20)15(22)16-13-9-11(17-18-13)12-3-2-8-24-12/h2-5,8-9H,6-7H2,1H3,(H2,16,17,18,22). The summed E-state index contributed by atoms with van der Waals surface area (Å²) in [5, 5.41) is 15.6. The molecule has 0 bridgehead atoms. The molecule has 0 radical (unpaired) electrons. The molecule has 0 fully saturated rings. The molecule has 0 aromatic carbocycles. The molecule has 0 aliphatic heterocycles. The van der Waals surface area contributed by atoms with Gasteiger partial charge in [0.15, 0.2) is 5.82 Å². The van der Waals surface area contributed by atoms with E-state index < -0.39 is 5.91 Å². The molecule has 0 aliphatic rings. The molecule has 0 spiro atoms. The largest absolute Gasteiger partial charge is 0.383 e.